The van der Waals surface area contributed by atoms with E-state index in [1.807, 2.05) is 17.5 Å². The fourth-order valence-corrected chi connectivity index (χ4v) is 3.96. The summed E-state index contributed by atoms with van der Waals surface area (Å²) in [5, 5.41) is 4.40. The van der Waals surface area contributed by atoms with Crippen LogP contribution in [0.5, 0.6) is 0 Å². The molecule has 1 aromatic heterocycles. The van der Waals surface area contributed by atoms with Crippen molar-refractivity contribution in [2.75, 3.05) is 11.9 Å². The third kappa shape index (κ3) is 3.53. The number of fused-ring (bicyclic) bond motifs is 1. The molecule has 0 aliphatic carbocycles. The normalized spacial score (nSPS) is 13.1. The van der Waals surface area contributed by atoms with Crippen LogP contribution in [-0.2, 0) is 13.0 Å². The summed E-state index contributed by atoms with van der Waals surface area (Å²) < 4.78 is 27.6. The Balaban J connectivity index is 1.53. The molecule has 4 nitrogen and oxygen atoms in total. The molecule has 2 amide bonds. The van der Waals surface area contributed by atoms with Crippen LogP contribution in [0.3, 0.4) is 0 Å². The van der Waals surface area contributed by atoms with E-state index >= 15 is 0 Å². The predicted molar refractivity (Wildman–Crippen MR) is 104 cm³/mol. The SMILES string of the molecule is O=C(Nc1ccc2c(c1)CN(C(=O)c1cccs1)CC2)c1c(F)cccc1F. The Morgan fingerprint density at radius 1 is 1.00 bits per heavy atom. The minimum Gasteiger partial charge on any atom is -0.333 e. The maximum Gasteiger partial charge on any atom is 0.264 e. The van der Waals surface area contributed by atoms with Crippen LogP contribution in [0.15, 0.2) is 53.9 Å². The molecule has 2 aromatic carbocycles. The molecule has 0 fully saturated rings. The van der Waals surface area contributed by atoms with Gasteiger partial charge in [0.05, 0.1) is 4.88 Å². The fraction of sp³-hybridized carbons (Fsp3) is 0.143. The van der Waals surface area contributed by atoms with Crippen LogP contribution < -0.4 is 5.32 Å². The third-order valence-electron chi connectivity index (χ3n) is 4.69. The van der Waals surface area contributed by atoms with Crippen molar-refractivity contribution in [3.05, 3.63) is 87.1 Å². The van der Waals surface area contributed by atoms with Crippen LogP contribution in [-0.4, -0.2) is 23.3 Å². The smallest absolute Gasteiger partial charge is 0.264 e. The number of amides is 2. The van der Waals surface area contributed by atoms with Gasteiger partial charge in [-0.3, -0.25) is 9.59 Å². The Kier molecular flexibility index (Phi) is 4.92. The topological polar surface area (TPSA) is 49.4 Å². The first-order valence-electron chi connectivity index (χ1n) is 8.73. The molecular formula is C21H16F2N2O2S. The average molecular weight is 398 g/mol. The summed E-state index contributed by atoms with van der Waals surface area (Å²) in [6, 6.07) is 12.2. The lowest BCUT2D eigenvalue weighted by molar-refractivity contribution is 0.0739. The minimum absolute atomic E-state index is 0.0245. The van der Waals surface area contributed by atoms with Gasteiger partial charge >= 0.3 is 0 Å². The summed E-state index contributed by atoms with van der Waals surface area (Å²) in [5.74, 6) is -2.70. The van der Waals surface area contributed by atoms with Crippen LogP contribution in [0.25, 0.3) is 0 Å². The van der Waals surface area contributed by atoms with Gasteiger partial charge in [0.25, 0.3) is 11.8 Å². The van der Waals surface area contributed by atoms with Gasteiger partial charge in [0, 0.05) is 18.8 Å². The molecule has 0 unspecified atom stereocenters. The summed E-state index contributed by atoms with van der Waals surface area (Å²) in [7, 11) is 0. The Morgan fingerprint density at radius 3 is 2.50 bits per heavy atom. The molecule has 1 N–H and O–H groups in total. The Bertz CT molecular complexity index is 1030. The highest BCUT2D eigenvalue weighted by atomic mass is 32.1. The zero-order valence-electron chi connectivity index (χ0n) is 14.7. The molecular weight excluding hydrogens is 382 g/mol. The summed E-state index contributed by atoms with van der Waals surface area (Å²) in [6.45, 7) is 1.04. The van der Waals surface area contributed by atoms with Crippen LogP contribution in [0.2, 0.25) is 0 Å². The van der Waals surface area contributed by atoms with E-state index < -0.39 is 23.1 Å². The number of nitrogens with one attached hydrogen (secondary N) is 1. The lowest BCUT2D eigenvalue weighted by atomic mass is 9.98. The van der Waals surface area contributed by atoms with Gasteiger partial charge < -0.3 is 10.2 Å². The van der Waals surface area contributed by atoms with Gasteiger partial charge in [-0.2, -0.15) is 0 Å². The number of carbonyl (C=O) groups is 2. The van der Waals surface area contributed by atoms with E-state index in [0.29, 0.717) is 30.1 Å². The molecule has 142 valence electrons. The second kappa shape index (κ2) is 7.52. The number of benzene rings is 2. The van der Waals surface area contributed by atoms with Crippen LogP contribution >= 0.6 is 11.3 Å². The van der Waals surface area contributed by atoms with Crippen molar-refractivity contribution >= 4 is 28.8 Å². The highest BCUT2D eigenvalue weighted by Gasteiger charge is 2.23. The van der Waals surface area contributed by atoms with Gasteiger partial charge in [-0.15, -0.1) is 11.3 Å². The molecule has 0 atom stereocenters. The Hall–Kier alpha value is -3.06. The first-order chi connectivity index (χ1) is 13.5. The van der Waals surface area contributed by atoms with E-state index in [0.717, 1.165) is 23.3 Å². The van der Waals surface area contributed by atoms with Gasteiger partial charge in [0.1, 0.15) is 17.2 Å². The maximum atomic E-state index is 13.8. The number of carbonyl (C=O) groups excluding carboxylic acids is 2. The fourth-order valence-electron chi connectivity index (χ4n) is 3.27. The van der Waals surface area contributed by atoms with E-state index in [1.165, 1.54) is 17.4 Å². The number of thiophene rings is 1. The molecule has 0 saturated carbocycles. The van der Waals surface area contributed by atoms with Crippen molar-refractivity contribution in [1.29, 1.82) is 0 Å². The summed E-state index contributed by atoms with van der Waals surface area (Å²) in [6.07, 6.45) is 0.711. The Morgan fingerprint density at radius 2 is 1.79 bits per heavy atom. The summed E-state index contributed by atoms with van der Waals surface area (Å²) in [4.78, 5) is 27.3. The second-order valence-corrected chi connectivity index (χ2v) is 7.44. The molecule has 28 heavy (non-hydrogen) atoms. The van der Waals surface area contributed by atoms with Crippen molar-refractivity contribution in [3.63, 3.8) is 0 Å². The molecule has 1 aliphatic rings. The zero-order chi connectivity index (χ0) is 19.7. The van der Waals surface area contributed by atoms with E-state index in [4.69, 9.17) is 0 Å². The molecule has 3 aromatic rings. The van der Waals surface area contributed by atoms with E-state index in [2.05, 4.69) is 5.32 Å². The number of halogens is 2. The number of nitrogens with zero attached hydrogens (tertiary/aromatic N) is 1. The molecule has 4 rings (SSSR count). The number of rotatable bonds is 3. The lowest BCUT2D eigenvalue weighted by Crippen LogP contribution is -2.35. The molecule has 7 heteroatoms. The standard InChI is InChI=1S/C21H16F2N2O2S/c22-16-3-1-4-17(23)19(16)20(26)24-15-7-6-13-8-9-25(12-14(13)11-15)21(27)18-5-2-10-28-18/h1-7,10-11H,8-9,12H2,(H,24,26). The van der Waals surface area contributed by atoms with Gasteiger partial charge in [0.2, 0.25) is 0 Å². The molecule has 0 spiro atoms. The molecule has 2 heterocycles. The van der Waals surface area contributed by atoms with Gasteiger partial charge in [-0.25, -0.2) is 8.78 Å². The average Bonchev–Trinajstić information content (AvgIpc) is 3.21. The first kappa shape index (κ1) is 18.3. The molecule has 0 radical (unpaired) electrons. The van der Waals surface area contributed by atoms with Crippen LogP contribution in [0.4, 0.5) is 14.5 Å². The highest BCUT2D eigenvalue weighted by Crippen LogP contribution is 2.25. The molecule has 0 saturated heterocycles. The van der Waals surface area contributed by atoms with Crippen molar-refractivity contribution in [2.24, 2.45) is 0 Å². The van der Waals surface area contributed by atoms with Crippen molar-refractivity contribution in [1.82, 2.24) is 4.90 Å². The monoisotopic (exact) mass is 398 g/mol. The number of hydrogen-bond donors (Lipinski definition) is 1. The van der Waals surface area contributed by atoms with E-state index in [9.17, 15) is 18.4 Å². The second-order valence-electron chi connectivity index (χ2n) is 6.49. The minimum atomic E-state index is -0.914. The van der Waals surface area contributed by atoms with Gasteiger partial charge in [-0.1, -0.05) is 18.2 Å². The molecule has 1 aliphatic heterocycles. The maximum absolute atomic E-state index is 13.8. The number of anilines is 1. The van der Waals surface area contributed by atoms with Crippen molar-refractivity contribution in [2.45, 2.75) is 13.0 Å². The van der Waals surface area contributed by atoms with E-state index in [1.54, 1.807) is 23.1 Å². The predicted octanol–water partition coefficient (Wildman–Crippen LogP) is 4.48. The summed E-state index contributed by atoms with van der Waals surface area (Å²) in [5.41, 5.74) is 1.81. The Labute approximate surface area is 164 Å². The third-order valence-corrected chi connectivity index (χ3v) is 5.54. The van der Waals surface area contributed by atoms with Crippen molar-refractivity contribution in [3.8, 4) is 0 Å². The van der Waals surface area contributed by atoms with Crippen LogP contribution in [0, 0.1) is 11.6 Å². The van der Waals surface area contributed by atoms with E-state index in [-0.39, 0.29) is 5.91 Å². The highest BCUT2D eigenvalue weighted by molar-refractivity contribution is 7.12. The van der Waals surface area contributed by atoms with Crippen molar-refractivity contribution < 1.29 is 18.4 Å². The summed E-state index contributed by atoms with van der Waals surface area (Å²) >= 11 is 1.40. The zero-order valence-corrected chi connectivity index (χ0v) is 15.6. The largest absolute Gasteiger partial charge is 0.333 e. The number of hydrogen-bond acceptors (Lipinski definition) is 3. The van der Waals surface area contributed by atoms with Gasteiger partial charge in [0.15, 0.2) is 0 Å². The quantitative estimate of drug-likeness (QED) is 0.707. The molecule has 0 bridgehead atoms. The van der Waals surface area contributed by atoms with Crippen LogP contribution in [0.1, 0.15) is 31.2 Å². The van der Waals surface area contributed by atoms with Gasteiger partial charge in [-0.05, 0) is 53.3 Å². The first-order valence-corrected chi connectivity index (χ1v) is 9.61. The lowest BCUT2D eigenvalue weighted by Gasteiger charge is -2.29.